The summed E-state index contributed by atoms with van der Waals surface area (Å²) in [6, 6.07) is 5.66. The van der Waals surface area contributed by atoms with Gasteiger partial charge in [-0.25, -0.2) is 5.01 Å². The Balaban J connectivity index is 1.69. The maximum atomic E-state index is 12.9. The summed E-state index contributed by atoms with van der Waals surface area (Å²) in [5, 5.41) is 2.90. The number of carbonyl (C=O) groups is 4. The zero-order valence-corrected chi connectivity index (χ0v) is 13.1. The Morgan fingerprint density at radius 1 is 0.833 bits per heavy atom. The van der Waals surface area contributed by atoms with Gasteiger partial charge in [0, 0.05) is 19.5 Å². The van der Waals surface area contributed by atoms with Gasteiger partial charge in [-0.3, -0.25) is 29.1 Å². The van der Waals surface area contributed by atoms with Crippen molar-refractivity contribution in [2.75, 3.05) is 13.1 Å². The van der Waals surface area contributed by atoms with E-state index in [0.717, 1.165) is 17.7 Å². The van der Waals surface area contributed by atoms with E-state index in [4.69, 9.17) is 0 Å². The summed E-state index contributed by atoms with van der Waals surface area (Å²) in [6.45, 7) is 0.962. The lowest BCUT2D eigenvalue weighted by Crippen LogP contribution is -2.57. The number of benzene rings is 1. The molecule has 7 nitrogen and oxygen atoms in total. The fourth-order valence-corrected chi connectivity index (χ4v) is 3.67. The topological polar surface area (TPSA) is 78.0 Å². The van der Waals surface area contributed by atoms with Crippen LogP contribution < -0.4 is 0 Å². The van der Waals surface area contributed by atoms with Gasteiger partial charge in [0.15, 0.2) is 0 Å². The number of nitrogens with zero attached hydrogens (tertiary/aromatic N) is 3. The first kappa shape index (κ1) is 14.9. The van der Waals surface area contributed by atoms with Crippen LogP contribution in [-0.4, -0.2) is 57.7 Å². The van der Waals surface area contributed by atoms with Crippen molar-refractivity contribution in [3.8, 4) is 0 Å². The molecule has 124 valence electrons. The second-order valence-electron chi connectivity index (χ2n) is 6.27. The number of hydrogen-bond donors (Lipinski definition) is 0. The Morgan fingerprint density at radius 3 is 2.04 bits per heavy atom. The van der Waals surface area contributed by atoms with Gasteiger partial charge in [-0.05, 0) is 31.4 Å². The third kappa shape index (κ3) is 2.04. The minimum atomic E-state index is -0.913. The van der Waals surface area contributed by atoms with Gasteiger partial charge in [0.1, 0.15) is 6.04 Å². The van der Waals surface area contributed by atoms with Gasteiger partial charge in [-0.2, -0.15) is 0 Å². The zero-order chi connectivity index (χ0) is 16.8. The summed E-state index contributed by atoms with van der Waals surface area (Å²) >= 11 is 0. The number of rotatable bonds is 1. The van der Waals surface area contributed by atoms with Crippen LogP contribution in [0.25, 0.3) is 0 Å². The van der Waals surface area contributed by atoms with E-state index in [-0.39, 0.29) is 24.7 Å². The molecule has 2 fully saturated rings. The smallest absolute Gasteiger partial charge is 0.264 e. The third-order valence-electron chi connectivity index (χ3n) is 4.88. The molecule has 3 heterocycles. The molecule has 0 unspecified atom stereocenters. The third-order valence-corrected chi connectivity index (χ3v) is 4.88. The van der Waals surface area contributed by atoms with Crippen LogP contribution in [0.4, 0.5) is 0 Å². The zero-order valence-electron chi connectivity index (χ0n) is 13.1. The number of fused-ring (bicyclic) bond motifs is 2. The maximum Gasteiger partial charge on any atom is 0.264 e. The summed E-state index contributed by atoms with van der Waals surface area (Å²) in [5.41, 5.74) is 0.641. The molecule has 0 saturated carbocycles. The highest BCUT2D eigenvalue weighted by molar-refractivity contribution is 6.22. The van der Waals surface area contributed by atoms with Crippen LogP contribution in [0.5, 0.6) is 0 Å². The molecule has 1 aromatic carbocycles. The lowest BCUT2D eigenvalue weighted by molar-refractivity contribution is -0.166. The summed E-state index contributed by atoms with van der Waals surface area (Å²) in [5.74, 6) is -1.36. The van der Waals surface area contributed by atoms with Crippen molar-refractivity contribution in [1.82, 2.24) is 14.9 Å². The standard InChI is InChI=1S/C17H17N3O4/c21-14-8-7-13(17(24)19-10-4-3-9-18(14)19)20-15(22)11-5-1-2-6-12(11)16(20)23/h1-2,5-6,13H,3-4,7-10H2/t13-/m0/s1. The second-order valence-corrected chi connectivity index (χ2v) is 6.27. The van der Waals surface area contributed by atoms with Crippen LogP contribution in [0.2, 0.25) is 0 Å². The Morgan fingerprint density at radius 2 is 1.42 bits per heavy atom. The molecule has 0 spiro atoms. The fraction of sp³-hybridized carbons (Fsp3) is 0.412. The van der Waals surface area contributed by atoms with E-state index >= 15 is 0 Å². The minimum Gasteiger partial charge on any atom is -0.273 e. The Labute approximate surface area is 138 Å². The highest BCUT2D eigenvalue weighted by Crippen LogP contribution is 2.29. The molecule has 0 aliphatic carbocycles. The van der Waals surface area contributed by atoms with Crippen molar-refractivity contribution in [3.05, 3.63) is 35.4 Å². The summed E-state index contributed by atoms with van der Waals surface area (Å²) in [4.78, 5) is 51.5. The van der Waals surface area contributed by atoms with Gasteiger partial charge in [-0.15, -0.1) is 0 Å². The SMILES string of the molecule is O=C1c2ccccc2C(=O)N1[C@H]1CCC(=O)N2CCCCN2C1=O. The quantitative estimate of drug-likeness (QED) is 0.715. The molecule has 0 aromatic heterocycles. The van der Waals surface area contributed by atoms with E-state index in [9.17, 15) is 19.2 Å². The number of amides is 4. The molecule has 1 atom stereocenters. The first-order valence-corrected chi connectivity index (χ1v) is 8.18. The molecule has 24 heavy (non-hydrogen) atoms. The van der Waals surface area contributed by atoms with Crippen LogP contribution in [-0.2, 0) is 9.59 Å². The lowest BCUT2D eigenvalue weighted by atomic mass is 10.1. The van der Waals surface area contributed by atoms with Crippen LogP contribution in [0.15, 0.2) is 24.3 Å². The molecule has 2 saturated heterocycles. The van der Waals surface area contributed by atoms with Gasteiger partial charge in [0.2, 0.25) is 5.91 Å². The average molecular weight is 327 g/mol. The molecular weight excluding hydrogens is 310 g/mol. The molecule has 0 N–H and O–H groups in total. The molecular formula is C17H17N3O4. The predicted molar refractivity (Wildman–Crippen MR) is 82.6 cm³/mol. The first-order chi connectivity index (χ1) is 11.6. The van der Waals surface area contributed by atoms with E-state index in [2.05, 4.69) is 0 Å². The summed E-state index contributed by atoms with van der Waals surface area (Å²) in [7, 11) is 0. The van der Waals surface area contributed by atoms with E-state index in [1.165, 1.54) is 10.0 Å². The second kappa shape index (κ2) is 5.43. The summed E-state index contributed by atoms with van der Waals surface area (Å²) in [6.07, 6.45) is 1.99. The minimum absolute atomic E-state index is 0.123. The Kier molecular flexibility index (Phi) is 3.37. The monoisotopic (exact) mass is 327 g/mol. The molecule has 1 aromatic rings. The highest BCUT2D eigenvalue weighted by Gasteiger charge is 2.46. The van der Waals surface area contributed by atoms with Crippen molar-refractivity contribution >= 4 is 23.6 Å². The average Bonchev–Trinajstić information content (AvgIpc) is 2.79. The van der Waals surface area contributed by atoms with E-state index < -0.39 is 17.9 Å². The largest absolute Gasteiger partial charge is 0.273 e. The number of hydrogen-bond acceptors (Lipinski definition) is 4. The van der Waals surface area contributed by atoms with Crippen molar-refractivity contribution in [2.24, 2.45) is 0 Å². The number of hydrazine groups is 1. The molecule has 7 heteroatoms. The van der Waals surface area contributed by atoms with E-state index in [1.807, 2.05) is 0 Å². The van der Waals surface area contributed by atoms with Crippen molar-refractivity contribution in [3.63, 3.8) is 0 Å². The normalized spacial score (nSPS) is 24.2. The number of carbonyl (C=O) groups excluding carboxylic acids is 4. The Hall–Kier alpha value is -2.70. The predicted octanol–water partition coefficient (Wildman–Crippen LogP) is 0.811. The number of imide groups is 1. The molecule has 4 amide bonds. The lowest BCUT2D eigenvalue weighted by Gasteiger charge is -2.38. The highest BCUT2D eigenvalue weighted by atomic mass is 16.2. The fourth-order valence-electron chi connectivity index (χ4n) is 3.67. The molecule has 0 radical (unpaired) electrons. The Bertz CT molecular complexity index is 725. The maximum absolute atomic E-state index is 12.9. The van der Waals surface area contributed by atoms with E-state index in [0.29, 0.717) is 24.2 Å². The molecule has 4 rings (SSSR count). The van der Waals surface area contributed by atoms with Gasteiger partial charge >= 0.3 is 0 Å². The molecule has 3 aliphatic rings. The van der Waals surface area contributed by atoms with Crippen LogP contribution in [0.3, 0.4) is 0 Å². The van der Waals surface area contributed by atoms with Gasteiger partial charge < -0.3 is 0 Å². The first-order valence-electron chi connectivity index (χ1n) is 8.18. The van der Waals surface area contributed by atoms with Crippen molar-refractivity contribution in [2.45, 2.75) is 31.7 Å². The van der Waals surface area contributed by atoms with Crippen molar-refractivity contribution < 1.29 is 19.2 Å². The van der Waals surface area contributed by atoms with Crippen LogP contribution >= 0.6 is 0 Å². The van der Waals surface area contributed by atoms with Gasteiger partial charge in [0.25, 0.3) is 17.7 Å². The van der Waals surface area contributed by atoms with Crippen molar-refractivity contribution in [1.29, 1.82) is 0 Å². The summed E-state index contributed by atoms with van der Waals surface area (Å²) < 4.78 is 0. The molecule has 3 aliphatic heterocycles. The van der Waals surface area contributed by atoms with Gasteiger partial charge in [-0.1, -0.05) is 12.1 Å². The molecule has 0 bridgehead atoms. The van der Waals surface area contributed by atoms with E-state index in [1.54, 1.807) is 24.3 Å². The van der Waals surface area contributed by atoms with Crippen LogP contribution in [0, 0.1) is 0 Å². The van der Waals surface area contributed by atoms with Crippen LogP contribution in [0.1, 0.15) is 46.4 Å². The van der Waals surface area contributed by atoms with Gasteiger partial charge in [0.05, 0.1) is 11.1 Å².